The Balaban J connectivity index is 1.80. The van der Waals surface area contributed by atoms with Crippen LogP contribution in [0.25, 0.3) is 0 Å². The number of rotatable bonds is 60. The van der Waals surface area contributed by atoms with Crippen LogP contribution in [0.15, 0.2) is 12.5 Å². The van der Waals surface area contributed by atoms with Crippen molar-refractivity contribution in [3.63, 3.8) is 0 Å². The Bertz CT molecular complexity index is 4280. The number of hydrogen-bond donors (Lipinski definition) is 27. The number of aromatic nitrogens is 2. The van der Waals surface area contributed by atoms with E-state index in [1.165, 1.54) is 17.4 Å². The van der Waals surface area contributed by atoms with Crippen LogP contribution >= 0.6 is 0 Å². The lowest BCUT2D eigenvalue weighted by atomic mass is 9.95. The third-order valence-electron chi connectivity index (χ3n) is 21.9. The van der Waals surface area contributed by atoms with E-state index < -0.39 is 296 Å². The molecule has 0 unspecified atom stereocenters. The van der Waals surface area contributed by atoms with E-state index in [9.17, 15) is 116 Å². The van der Waals surface area contributed by atoms with Crippen LogP contribution in [0.2, 0.25) is 0 Å². The summed E-state index contributed by atoms with van der Waals surface area (Å²) in [5.74, 6) is -25.7. The summed E-state index contributed by atoms with van der Waals surface area (Å²) in [6.45, 7) is 18.0. The summed E-state index contributed by atoms with van der Waals surface area (Å²) < 4.78 is 0. The monoisotopic (exact) mass is 1900 g/mol. The van der Waals surface area contributed by atoms with E-state index in [-0.39, 0.29) is 120 Å². The van der Waals surface area contributed by atoms with Crippen LogP contribution in [0.3, 0.4) is 0 Å². The lowest BCUT2D eigenvalue weighted by Crippen LogP contribution is -2.62. The Morgan fingerprint density at radius 3 is 1.32 bits per heavy atom. The first-order chi connectivity index (χ1) is 62.8. The number of guanidine groups is 2. The van der Waals surface area contributed by atoms with Gasteiger partial charge in [0, 0.05) is 57.3 Å². The molecule has 16 atom stereocenters. The van der Waals surface area contributed by atoms with Gasteiger partial charge < -0.3 is 144 Å². The quantitative estimate of drug-likeness (QED) is 0.0164. The number of aliphatic carboxylic acids is 3. The second-order valence-electron chi connectivity index (χ2n) is 35.1. The second kappa shape index (κ2) is 57.1. The number of likely N-dealkylation sites (tertiary alicyclic amines) is 2. The number of H-pyrrole nitrogens is 1. The number of primary amides is 2. The van der Waals surface area contributed by atoms with Crippen molar-refractivity contribution in [2.75, 3.05) is 39.3 Å². The molecule has 51 nitrogen and oxygen atoms in total. The molecule has 2 aliphatic heterocycles. The highest BCUT2D eigenvalue weighted by atomic mass is 16.4. The highest BCUT2D eigenvalue weighted by Gasteiger charge is 2.45. The van der Waals surface area contributed by atoms with E-state index in [0.29, 0.717) is 6.42 Å². The van der Waals surface area contributed by atoms with E-state index in [1.54, 1.807) is 83.1 Å². The number of carboxylic acid groups (broad SMARTS) is 3. The Kier molecular flexibility index (Phi) is 48.9. The van der Waals surface area contributed by atoms with Crippen molar-refractivity contribution in [1.29, 1.82) is 10.8 Å². The highest BCUT2D eigenvalue weighted by Crippen LogP contribution is 2.25. The normalized spacial score (nSPS) is 16.6. The van der Waals surface area contributed by atoms with Crippen molar-refractivity contribution in [3.8, 4) is 0 Å². The van der Waals surface area contributed by atoms with Crippen molar-refractivity contribution in [2.24, 2.45) is 64.2 Å². The summed E-state index contributed by atoms with van der Waals surface area (Å²) in [6.07, 6.45) is -0.804. The van der Waals surface area contributed by atoms with Gasteiger partial charge in [-0.05, 0) is 113 Å². The minimum absolute atomic E-state index is 0.0107. The van der Waals surface area contributed by atoms with Crippen LogP contribution in [0.4, 0.5) is 0 Å². The lowest BCUT2D eigenvalue weighted by Gasteiger charge is -2.34. The van der Waals surface area contributed by atoms with Crippen LogP contribution < -0.4 is 114 Å². The van der Waals surface area contributed by atoms with Gasteiger partial charge in [0.1, 0.15) is 84.6 Å². The number of imidazole rings is 1. The Morgan fingerprint density at radius 1 is 0.433 bits per heavy atom. The van der Waals surface area contributed by atoms with E-state index in [4.69, 9.17) is 39.5 Å². The van der Waals surface area contributed by atoms with E-state index >= 15 is 0 Å². The molecule has 750 valence electrons. The first-order valence-corrected chi connectivity index (χ1v) is 44.7. The molecule has 18 amide bonds. The zero-order chi connectivity index (χ0) is 101. The molecule has 134 heavy (non-hydrogen) atoms. The molecule has 0 aromatic carbocycles. The topological polar surface area (TPSA) is 825 Å². The fourth-order valence-electron chi connectivity index (χ4n) is 14.5. The predicted molar refractivity (Wildman–Crippen MR) is 479 cm³/mol. The average Bonchev–Trinajstić information content (AvgIpc) is 1.62. The SMILES string of the molecule is CC[C@H](C)[C@H](NC(=O)[C@@H](NC(=O)[C@H](CC(=O)O)NC(=O)[C@@H](NC(=O)[C@@H](N)CCCNC(=N)N)C(C)C)C(C)C)C(=O)N1CCC[C@H]1C(=O)N[C@H](C(=O)N[C@@H](CC(N)=O)C(=O)N[C@@H](CC(C)C)C(=O)N1CCC[C@H]1C(=O)NCC(=O)N[C@@H](CCC(=O)O)C(=O)N[C@@H](Cc1cnc[nH]1)C(=O)NCC(=O)N[C@@H](CCC(N)=O)C(=O)N[C@@H](CCCNC(=N)N)C(=O)N[C@@H](CC(C)C)C(=O)O)C(C)C. The molecule has 1 aromatic heterocycles. The molecule has 32 N–H and O–H groups in total. The molecular weight excluding hydrogens is 1760 g/mol. The van der Waals surface area contributed by atoms with Crippen LogP contribution in [0.1, 0.15) is 198 Å². The zero-order valence-electron chi connectivity index (χ0n) is 77.9. The maximum Gasteiger partial charge on any atom is 0.326 e. The summed E-state index contributed by atoms with van der Waals surface area (Å²) in [5.41, 5.74) is 28.0. The summed E-state index contributed by atoms with van der Waals surface area (Å²) in [6, 6.07) is -22.2. The maximum absolute atomic E-state index is 14.8. The van der Waals surface area contributed by atoms with Crippen LogP contribution in [0.5, 0.6) is 0 Å². The predicted octanol–water partition coefficient (Wildman–Crippen LogP) is -7.49. The van der Waals surface area contributed by atoms with Crippen LogP contribution in [-0.2, 0) is 107 Å². The highest BCUT2D eigenvalue weighted by molar-refractivity contribution is 6.02. The molecule has 0 spiro atoms. The van der Waals surface area contributed by atoms with Gasteiger partial charge in [-0.2, -0.15) is 0 Å². The van der Waals surface area contributed by atoms with E-state index in [0.717, 1.165) is 4.90 Å². The maximum atomic E-state index is 14.8. The van der Waals surface area contributed by atoms with Crippen molar-refractivity contribution < 1.29 is 116 Å². The lowest BCUT2D eigenvalue weighted by molar-refractivity contribution is -0.144. The van der Waals surface area contributed by atoms with Gasteiger partial charge in [0.2, 0.25) is 106 Å². The van der Waals surface area contributed by atoms with Crippen molar-refractivity contribution in [2.45, 2.75) is 289 Å². The molecular formula is C83H139N27O24. The van der Waals surface area contributed by atoms with Gasteiger partial charge in [-0.3, -0.25) is 107 Å². The van der Waals surface area contributed by atoms with Gasteiger partial charge in [0.05, 0.1) is 38.3 Å². The van der Waals surface area contributed by atoms with Crippen molar-refractivity contribution in [1.82, 2.24) is 105 Å². The number of carboxylic acids is 3. The minimum Gasteiger partial charge on any atom is -0.481 e. The smallest absolute Gasteiger partial charge is 0.326 e. The van der Waals surface area contributed by atoms with Gasteiger partial charge in [-0.25, -0.2) is 9.78 Å². The summed E-state index contributed by atoms with van der Waals surface area (Å²) in [5, 5.41) is 83.8. The molecule has 0 saturated carbocycles. The Morgan fingerprint density at radius 2 is 0.851 bits per heavy atom. The van der Waals surface area contributed by atoms with Crippen LogP contribution in [-0.4, -0.2) is 301 Å². The van der Waals surface area contributed by atoms with Gasteiger partial charge >= 0.3 is 17.9 Å². The number of nitrogens with zero attached hydrogens (tertiary/aromatic N) is 3. The number of aromatic amines is 1. The van der Waals surface area contributed by atoms with Crippen molar-refractivity contribution in [3.05, 3.63) is 18.2 Å². The average molecular weight is 1900 g/mol. The molecule has 1 aromatic rings. The Hall–Kier alpha value is -13.4. The standard InChI is InChI=1S/C83H139N27O24/c1-13-44(12)66(108-78(130)65(43(10)11)106-73(125)52(34-62(117)118)102-76(128)63(41(6)7)105-67(119)46(84)18-14-26-92-82(87)88)80(132)110-29-17-21-56(110)75(127)107-64(42(8)9)77(129)101-51(33-58(86)112)72(124)103-53(30-39(2)3)79(131)109-28-16-20-55(109)74(126)95-37-60(114)98-49(23-25-61(115)116)71(123)100-50(32-45-35-91-38-96-45)68(120)94-36-59(113)97-48(22-24-57(85)111)70(122)99-47(19-15-27-93-83(89)90)69(121)104-54(81(133)134)31-40(4)5/h35,38-44,46-56,63-66H,13-34,36-37,84H2,1-12H3,(H2,85,111)(H2,86,112)(H,91,96)(H,94,120)(H,95,126)(H,97,113)(H,98,114)(H,99,122)(H,100,123)(H,101,129)(H,102,128)(H,103,124)(H,104,121)(H,105,119)(H,106,125)(H,107,127)(H,108,130)(H,115,116)(H,117,118)(H,133,134)(H4,87,88,92)(H4,89,90,93)/t44-,46-,47-,48-,49-,50-,51-,52-,53-,54-,55-,56-,63-,64-,65-,66-/m0/s1. The zero-order valence-corrected chi connectivity index (χ0v) is 77.9. The van der Waals surface area contributed by atoms with Crippen molar-refractivity contribution >= 4 is 136 Å². The minimum atomic E-state index is -1.81. The molecule has 2 aliphatic rings. The first kappa shape index (κ1) is 115. The number of nitrogens with one attached hydrogen (secondary N) is 19. The third kappa shape index (κ3) is 40.3. The molecule has 2 fully saturated rings. The molecule has 3 heterocycles. The molecule has 3 rings (SSSR count). The van der Waals surface area contributed by atoms with Gasteiger partial charge in [0.15, 0.2) is 11.9 Å². The Labute approximate surface area is 775 Å². The first-order valence-electron chi connectivity index (χ1n) is 44.7. The third-order valence-corrected chi connectivity index (χ3v) is 21.9. The number of amides is 18. The molecule has 2 saturated heterocycles. The number of carbonyl (C=O) groups is 21. The fraction of sp³-hybridized carbons (Fsp3) is 0.687. The number of nitrogens with two attached hydrogens (primary N) is 5. The summed E-state index contributed by atoms with van der Waals surface area (Å²) >= 11 is 0. The van der Waals surface area contributed by atoms with E-state index in [1.807, 2.05) is 0 Å². The fourth-order valence-corrected chi connectivity index (χ4v) is 14.5. The number of carbonyl (C=O) groups excluding carboxylic acids is 18. The summed E-state index contributed by atoms with van der Waals surface area (Å²) in [4.78, 5) is 295. The van der Waals surface area contributed by atoms with Gasteiger partial charge in [0.25, 0.3) is 0 Å². The molecule has 0 radical (unpaired) electrons. The van der Waals surface area contributed by atoms with Crippen LogP contribution in [0, 0.1) is 46.3 Å². The van der Waals surface area contributed by atoms with Gasteiger partial charge in [-0.1, -0.05) is 89.5 Å². The summed E-state index contributed by atoms with van der Waals surface area (Å²) in [7, 11) is 0. The molecule has 0 aliphatic carbocycles. The second-order valence-corrected chi connectivity index (χ2v) is 35.1. The van der Waals surface area contributed by atoms with Gasteiger partial charge in [-0.15, -0.1) is 0 Å². The number of hydrogen-bond acceptors (Lipinski definition) is 25. The molecule has 51 heteroatoms. The van der Waals surface area contributed by atoms with E-state index in [2.05, 4.69) is 95.0 Å². The molecule has 0 bridgehead atoms. The largest absolute Gasteiger partial charge is 0.481 e.